The number of carbonyl (C=O) groups is 2. The van der Waals surface area contributed by atoms with Gasteiger partial charge in [0.15, 0.2) is 0 Å². The van der Waals surface area contributed by atoms with E-state index in [0.29, 0.717) is 6.42 Å². The zero-order valence-electron chi connectivity index (χ0n) is 16.6. The molecule has 8 nitrogen and oxygen atoms in total. The van der Waals surface area contributed by atoms with E-state index in [2.05, 4.69) is 0 Å². The number of carbonyl (C=O) groups excluding carboxylic acids is 2. The summed E-state index contributed by atoms with van der Waals surface area (Å²) in [5.74, 6) is -0.340. The first-order valence-corrected chi connectivity index (χ1v) is 10.4. The van der Waals surface area contributed by atoms with Crippen molar-refractivity contribution in [3.8, 4) is 0 Å². The molecule has 0 N–H and O–H groups in total. The van der Waals surface area contributed by atoms with E-state index in [1.54, 1.807) is 13.8 Å². The molecule has 4 unspecified atom stereocenters. The first-order valence-electron chi connectivity index (χ1n) is 9.32. The molecular weight excluding hydrogens is 376 g/mol. The van der Waals surface area contributed by atoms with E-state index >= 15 is 0 Å². The van der Waals surface area contributed by atoms with Crippen LogP contribution in [0.25, 0.3) is 0 Å². The molecule has 0 aromatic rings. The highest BCUT2D eigenvalue weighted by atomic mass is 32.2. The van der Waals surface area contributed by atoms with Crippen molar-refractivity contribution in [2.24, 2.45) is 22.7 Å². The number of rotatable bonds is 8. The molecule has 2 rings (SSSR count). The highest BCUT2D eigenvalue weighted by Gasteiger charge is 2.62. The van der Waals surface area contributed by atoms with Gasteiger partial charge in [0.25, 0.3) is 11.0 Å². The molecule has 0 spiro atoms. The third-order valence-corrected chi connectivity index (χ3v) is 6.65. The Morgan fingerprint density at radius 3 is 2.15 bits per heavy atom. The molecule has 2 saturated carbocycles. The lowest BCUT2D eigenvalue weighted by molar-refractivity contribution is -0.155. The Bertz CT molecular complexity index is 631. The minimum atomic E-state index is -3.04. The van der Waals surface area contributed by atoms with E-state index in [1.807, 2.05) is 20.8 Å². The van der Waals surface area contributed by atoms with E-state index in [0.717, 1.165) is 12.8 Å². The van der Waals surface area contributed by atoms with Gasteiger partial charge in [-0.15, -0.1) is 0 Å². The van der Waals surface area contributed by atoms with Crippen molar-refractivity contribution in [2.45, 2.75) is 66.1 Å². The Hall–Kier alpha value is -1.35. The molecule has 2 aliphatic rings. The number of hydrogen-bond donors (Lipinski definition) is 1. The quantitative estimate of drug-likeness (QED) is 0.372. The van der Waals surface area contributed by atoms with E-state index in [4.69, 9.17) is 18.4 Å². The van der Waals surface area contributed by atoms with Crippen LogP contribution in [0.5, 0.6) is 0 Å². The second kappa shape index (κ2) is 8.34. The molecule has 2 aliphatic carbocycles. The molecule has 0 aromatic heterocycles. The molecule has 9 heteroatoms. The van der Waals surface area contributed by atoms with Gasteiger partial charge >= 0.3 is 12.1 Å². The predicted octanol–water partition coefficient (Wildman–Crippen LogP) is 2.47. The van der Waals surface area contributed by atoms with Crippen LogP contribution in [0.4, 0.5) is 4.79 Å². The Balaban J connectivity index is 1.85. The molecule has 156 valence electrons. The van der Waals surface area contributed by atoms with E-state index in [1.165, 1.54) is 0 Å². The summed E-state index contributed by atoms with van der Waals surface area (Å²) >= 11 is 0. The SMILES string of the molecule is CCC(C)(C)C(=O)OCCOC(=O)OC1C(O[SH](=O)=O)C2CCC1C2(C)C. The largest absolute Gasteiger partial charge is 0.508 e. The second-order valence-electron chi connectivity index (χ2n) is 8.46. The van der Waals surface area contributed by atoms with Crippen LogP contribution in [-0.2, 0) is 34.2 Å². The Morgan fingerprint density at radius 2 is 1.59 bits per heavy atom. The first-order chi connectivity index (χ1) is 12.5. The van der Waals surface area contributed by atoms with Crippen LogP contribution >= 0.6 is 0 Å². The van der Waals surface area contributed by atoms with Gasteiger partial charge in [-0.1, -0.05) is 20.8 Å². The van der Waals surface area contributed by atoms with Gasteiger partial charge < -0.3 is 14.2 Å². The fourth-order valence-electron chi connectivity index (χ4n) is 4.14. The Morgan fingerprint density at radius 1 is 1.04 bits per heavy atom. The molecule has 0 aliphatic heterocycles. The van der Waals surface area contributed by atoms with Gasteiger partial charge in [-0.05, 0) is 44.4 Å². The molecule has 4 atom stereocenters. The standard InChI is InChI=1S/C18H30O8S/c1-6-17(2,3)15(19)23-9-10-24-16(20)25-13-11-7-8-12(18(11,4)5)14(13)26-27(21)22/h11-14,27H,6-10H2,1-5H3. The first kappa shape index (κ1) is 21.9. The van der Waals surface area contributed by atoms with Crippen molar-refractivity contribution in [3.63, 3.8) is 0 Å². The third-order valence-electron chi connectivity index (χ3n) is 6.23. The van der Waals surface area contributed by atoms with Gasteiger partial charge in [0.2, 0.25) is 0 Å². The van der Waals surface area contributed by atoms with Crippen LogP contribution in [0.15, 0.2) is 0 Å². The van der Waals surface area contributed by atoms with Crippen molar-refractivity contribution in [3.05, 3.63) is 0 Å². The molecule has 27 heavy (non-hydrogen) atoms. The number of fused-ring (bicyclic) bond motifs is 2. The maximum atomic E-state index is 12.0. The summed E-state index contributed by atoms with van der Waals surface area (Å²) in [7, 11) is -3.04. The van der Waals surface area contributed by atoms with Gasteiger partial charge in [0.1, 0.15) is 25.4 Å². The molecule has 0 heterocycles. The van der Waals surface area contributed by atoms with Gasteiger partial charge in [-0.2, -0.15) is 0 Å². The van der Waals surface area contributed by atoms with Crippen LogP contribution in [0.2, 0.25) is 0 Å². The van der Waals surface area contributed by atoms with E-state index in [-0.39, 0.29) is 36.4 Å². The van der Waals surface area contributed by atoms with Crippen molar-refractivity contribution in [1.82, 2.24) is 0 Å². The lowest BCUT2D eigenvalue weighted by Crippen LogP contribution is -2.38. The number of hydrogen-bond acceptors (Lipinski definition) is 8. The maximum absolute atomic E-state index is 12.0. The normalized spacial score (nSPS) is 29.0. The summed E-state index contributed by atoms with van der Waals surface area (Å²) in [6, 6.07) is 0. The lowest BCUT2D eigenvalue weighted by Gasteiger charge is -2.28. The average Bonchev–Trinajstić information content (AvgIpc) is 2.97. The van der Waals surface area contributed by atoms with Crippen molar-refractivity contribution in [1.29, 1.82) is 0 Å². The summed E-state index contributed by atoms with van der Waals surface area (Å²) in [6.07, 6.45) is 0.0523. The van der Waals surface area contributed by atoms with E-state index in [9.17, 15) is 18.0 Å². The summed E-state index contributed by atoms with van der Waals surface area (Å²) in [4.78, 5) is 23.9. The van der Waals surface area contributed by atoms with Gasteiger partial charge in [0.05, 0.1) is 5.41 Å². The average molecular weight is 406 g/mol. The second-order valence-corrected chi connectivity index (χ2v) is 9.12. The highest BCUT2D eigenvalue weighted by Crippen LogP contribution is 2.59. The van der Waals surface area contributed by atoms with Crippen molar-refractivity contribution in [2.75, 3.05) is 13.2 Å². The van der Waals surface area contributed by atoms with Crippen LogP contribution in [0.3, 0.4) is 0 Å². The van der Waals surface area contributed by atoms with Crippen molar-refractivity contribution >= 4 is 23.1 Å². The maximum Gasteiger partial charge on any atom is 0.508 e. The highest BCUT2D eigenvalue weighted by molar-refractivity contribution is 7.67. The van der Waals surface area contributed by atoms with Gasteiger partial charge in [-0.3, -0.25) is 8.98 Å². The number of ether oxygens (including phenoxy) is 3. The number of thiol groups is 1. The third kappa shape index (κ3) is 4.74. The minimum Gasteiger partial charge on any atom is -0.462 e. The van der Waals surface area contributed by atoms with Gasteiger partial charge in [-0.25, -0.2) is 13.2 Å². The summed E-state index contributed by atoms with van der Waals surface area (Å²) < 4.78 is 42.6. The summed E-state index contributed by atoms with van der Waals surface area (Å²) in [5.41, 5.74) is -0.767. The Labute approximate surface area is 162 Å². The van der Waals surface area contributed by atoms with Crippen LogP contribution in [0, 0.1) is 22.7 Å². The smallest absolute Gasteiger partial charge is 0.462 e. The summed E-state index contributed by atoms with van der Waals surface area (Å²) in [5, 5.41) is 0. The topological polar surface area (TPSA) is 105 Å². The Kier molecular flexibility index (Phi) is 6.78. The fraction of sp³-hybridized carbons (Fsp3) is 0.889. The van der Waals surface area contributed by atoms with Crippen molar-refractivity contribution < 1.29 is 36.4 Å². The lowest BCUT2D eigenvalue weighted by atomic mass is 9.82. The van der Waals surface area contributed by atoms with Crippen LogP contribution in [0.1, 0.15) is 53.9 Å². The summed E-state index contributed by atoms with van der Waals surface area (Å²) in [6.45, 7) is 9.33. The zero-order valence-corrected chi connectivity index (χ0v) is 17.5. The molecule has 2 bridgehead atoms. The fourth-order valence-corrected chi connectivity index (χ4v) is 4.60. The van der Waals surface area contributed by atoms with Gasteiger partial charge in [0, 0.05) is 5.92 Å². The zero-order chi connectivity index (χ0) is 20.4. The molecule has 0 amide bonds. The number of esters is 1. The molecule has 0 saturated heterocycles. The molecule has 2 fully saturated rings. The molecule has 0 aromatic carbocycles. The molecular formula is C18H30O8S. The predicted molar refractivity (Wildman–Crippen MR) is 96.4 cm³/mol. The van der Waals surface area contributed by atoms with Crippen LogP contribution in [-0.4, -0.2) is 46.0 Å². The minimum absolute atomic E-state index is 0.00503. The van der Waals surface area contributed by atoms with E-state index < -0.39 is 34.8 Å². The van der Waals surface area contributed by atoms with Crippen LogP contribution < -0.4 is 0 Å². The monoisotopic (exact) mass is 406 g/mol. The molecule has 0 radical (unpaired) electrons.